The average molecular weight is 260 g/mol. The quantitative estimate of drug-likeness (QED) is 0.754. The fourth-order valence-corrected chi connectivity index (χ4v) is 2.02. The summed E-state index contributed by atoms with van der Waals surface area (Å²) in [7, 11) is 3.55. The molecule has 0 atom stereocenters. The highest BCUT2D eigenvalue weighted by atomic mass is 16.5. The number of ether oxygens (including phenoxy) is 1. The topological polar surface area (TPSA) is 53.3 Å². The van der Waals surface area contributed by atoms with Gasteiger partial charge in [0.05, 0.1) is 26.1 Å². The van der Waals surface area contributed by atoms with Crippen molar-refractivity contribution in [3.63, 3.8) is 0 Å². The lowest BCUT2D eigenvalue weighted by molar-refractivity contribution is -0.119. The molecule has 0 saturated heterocycles. The number of rotatable bonds is 7. The molecule has 1 aromatic carbocycles. The molecule has 0 bridgehead atoms. The van der Waals surface area contributed by atoms with Crippen molar-refractivity contribution in [2.75, 3.05) is 20.7 Å². The van der Waals surface area contributed by atoms with Crippen molar-refractivity contribution in [1.82, 2.24) is 4.90 Å². The van der Waals surface area contributed by atoms with E-state index in [4.69, 9.17) is 10.00 Å². The molecule has 0 amide bonds. The number of nitrogens with zero attached hydrogens (tertiary/aromatic N) is 2. The van der Waals surface area contributed by atoms with Crippen LogP contribution in [0.4, 0.5) is 0 Å². The molecule has 19 heavy (non-hydrogen) atoms. The zero-order valence-corrected chi connectivity index (χ0v) is 11.8. The lowest BCUT2D eigenvalue weighted by atomic mass is 10.1. The van der Waals surface area contributed by atoms with Gasteiger partial charge in [0.1, 0.15) is 5.75 Å². The molecule has 0 aliphatic rings. The van der Waals surface area contributed by atoms with E-state index >= 15 is 0 Å². The number of aryl methyl sites for hydroxylation is 1. The Hall–Kier alpha value is -1.86. The van der Waals surface area contributed by atoms with Crippen molar-refractivity contribution >= 4 is 5.78 Å². The smallest absolute Gasteiger partial charge is 0.160 e. The fourth-order valence-electron chi connectivity index (χ4n) is 2.02. The van der Waals surface area contributed by atoms with E-state index in [2.05, 4.69) is 13.0 Å². The van der Waals surface area contributed by atoms with Gasteiger partial charge in [0.25, 0.3) is 0 Å². The Morgan fingerprint density at radius 3 is 2.79 bits per heavy atom. The molecule has 1 aromatic rings. The molecular weight excluding hydrogens is 240 g/mol. The number of methoxy groups -OCH3 is 1. The zero-order chi connectivity index (χ0) is 14.3. The highest BCUT2D eigenvalue weighted by molar-refractivity contribution is 5.82. The molecule has 0 spiro atoms. The summed E-state index contributed by atoms with van der Waals surface area (Å²) in [6.45, 7) is 3.08. The summed E-state index contributed by atoms with van der Waals surface area (Å²) in [5.41, 5.74) is 2.31. The van der Waals surface area contributed by atoms with E-state index in [0.717, 1.165) is 23.3 Å². The molecule has 0 heterocycles. The number of carbonyl (C=O) groups is 1. The van der Waals surface area contributed by atoms with Crippen LogP contribution in [0.25, 0.3) is 0 Å². The van der Waals surface area contributed by atoms with Gasteiger partial charge in [0.15, 0.2) is 5.78 Å². The van der Waals surface area contributed by atoms with Gasteiger partial charge in [-0.2, -0.15) is 5.26 Å². The third kappa shape index (κ3) is 4.72. The first-order valence-electron chi connectivity index (χ1n) is 6.33. The normalized spacial score (nSPS) is 10.3. The summed E-state index contributed by atoms with van der Waals surface area (Å²) in [6, 6.07) is 7.94. The fraction of sp³-hybridized carbons (Fsp3) is 0.467. The van der Waals surface area contributed by atoms with Crippen LogP contribution in [0.1, 0.15) is 24.5 Å². The number of likely N-dealkylation sites (N-methyl/N-ethyl adjacent to an activating group) is 1. The van der Waals surface area contributed by atoms with Gasteiger partial charge in [-0.05, 0) is 30.7 Å². The van der Waals surface area contributed by atoms with E-state index in [1.807, 2.05) is 30.1 Å². The second kappa shape index (κ2) is 7.55. The molecule has 0 aliphatic carbocycles. The number of carbonyl (C=O) groups excluding carboxylic acids is 1. The minimum atomic E-state index is -0.0470. The molecule has 1 rings (SSSR count). The Labute approximate surface area is 114 Å². The van der Waals surface area contributed by atoms with Gasteiger partial charge in [-0.15, -0.1) is 0 Å². The van der Waals surface area contributed by atoms with E-state index < -0.39 is 0 Å². The summed E-state index contributed by atoms with van der Waals surface area (Å²) in [5, 5.41) is 8.46. The highest BCUT2D eigenvalue weighted by Gasteiger charge is 2.08. The van der Waals surface area contributed by atoms with Crippen LogP contribution in [-0.4, -0.2) is 31.4 Å². The van der Waals surface area contributed by atoms with Crippen molar-refractivity contribution < 1.29 is 9.53 Å². The molecule has 0 saturated carbocycles. The molecule has 4 nitrogen and oxygen atoms in total. The first-order valence-corrected chi connectivity index (χ1v) is 6.33. The number of hydrogen-bond acceptors (Lipinski definition) is 4. The number of nitriles is 1. The standard InChI is InChI=1S/C15H20N2O2/c1-4-13-9-12(5-6-15(13)19-3)10-17(2)11-14(18)7-8-16/h5-6,9H,4,7,10-11H2,1-3H3. The maximum atomic E-state index is 11.4. The third-order valence-electron chi connectivity index (χ3n) is 2.90. The Morgan fingerprint density at radius 1 is 1.47 bits per heavy atom. The minimum Gasteiger partial charge on any atom is -0.496 e. The SMILES string of the molecule is CCc1cc(CN(C)CC(=O)CC#N)ccc1OC. The van der Waals surface area contributed by atoms with Gasteiger partial charge in [-0.25, -0.2) is 0 Å². The van der Waals surface area contributed by atoms with Crippen molar-refractivity contribution in [2.45, 2.75) is 26.3 Å². The molecule has 0 radical (unpaired) electrons. The van der Waals surface area contributed by atoms with Crippen LogP contribution in [0.15, 0.2) is 18.2 Å². The van der Waals surface area contributed by atoms with Crippen molar-refractivity contribution in [3.05, 3.63) is 29.3 Å². The van der Waals surface area contributed by atoms with Gasteiger partial charge in [-0.3, -0.25) is 9.69 Å². The summed E-state index contributed by atoms with van der Waals surface area (Å²) >= 11 is 0. The lowest BCUT2D eigenvalue weighted by Crippen LogP contribution is -2.25. The number of benzene rings is 1. The monoisotopic (exact) mass is 260 g/mol. The third-order valence-corrected chi connectivity index (χ3v) is 2.90. The van der Waals surface area contributed by atoms with E-state index in [9.17, 15) is 4.79 Å². The van der Waals surface area contributed by atoms with Gasteiger partial charge in [-0.1, -0.05) is 19.1 Å². The summed E-state index contributed by atoms with van der Waals surface area (Å²) in [6.07, 6.45) is 0.890. The molecule has 102 valence electrons. The van der Waals surface area contributed by atoms with Crippen molar-refractivity contribution in [1.29, 1.82) is 5.26 Å². The molecular formula is C15H20N2O2. The maximum Gasteiger partial charge on any atom is 0.160 e. The van der Waals surface area contributed by atoms with Gasteiger partial charge >= 0.3 is 0 Å². The second-order valence-electron chi connectivity index (χ2n) is 4.55. The van der Waals surface area contributed by atoms with Crippen LogP contribution in [0.2, 0.25) is 0 Å². The zero-order valence-electron chi connectivity index (χ0n) is 11.8. The molecule has 0 fully saturated rings. The largest absolute Gasteiger partial charge is 0.496 e. The summed E-state index contributed by atoms with van der Waals surface area (Å²) in [4.78, 5) is 13.3. The van der Waals surface area contributed by atoms with Crippen molar-refractivity contribution in [3.8, 4) is 11.8 Å². The van der Waals surface area contributed by atoms with Crippen molar-refractivity contribution in [2.24, 2.45) is 0 Å². The van der Waals surface area contributed by atoms with E-state index in [0.29, 0.717) is 13.1 Å². The predicted molar refractivity (Wildman–Crippen MR) is 73.9 cm³/mol. The molecule has 0 unspecified atom stereocenters. The number of Topliss-reactive ketones (excluding diaryl/α,β-unsaturated/α-hetero) is 1. The van der Waals surface area contributed by atoms with Crippen LogP contribution in [0, 0.1) is 11.3 Å². The minimum absolute atomic E-state index is 0.0207. The Balaban J connectivity index is 2.67. The van der Waals surface area contributed by atoms with Crippen LogP contribution in [-0.2, 0) is 17.8 Å². The Bertz CT molecular complexity index is 478. The Morgan fingerprint density at radius 2 is 2.21 bits per heavy atom. The van der Waals surface area contributed by atoms with Gasteiger partial charge < -0.3 is 4.74 Å². The van der Waals surface area contributed by atoms with Crippen LogP contribution >= 0.6 is 0 Å². The summed E-state index contributed by atoms with van der Waals surface area (Å²) < 4.78 is 5.29. The predicted octanol–water partition coefficient (Wildman–Crippen LogP) is 2.17. The molecule has 0 N–H and O–H groups in total. The summed E-state index contributed by atoms with van der Waals surface area (Å²) in [5.74, 6) is 0.851. The van der Waals surface area contributed by atoms with E-state index in [1.54, 1.807) is 7.11 Å². The van der Waals surface area contributed by atoms with Crippen LogP contribution < -0.4 is 4.74 Å². The Kier molecular flexibility index (Phi) is 6.04. The maximum absolute atomic E-state index is 11.4. The molecule has 0 aliphatic heterocycles. The van der Waals surface area contributed by atoms with Crippen LogP contribution in [0.3, 0.4) is 0 Å². The second-order valence-corrected chi connectivity index (χ2v) is 4.55. The van der Waals surface area contributed by atoms with Crippen LogP contribution in [0.5, 0.6) is 5.75 Å². The first-order chi connectivity index (χ1) is 9.10. The van der Waals surface area contributed by atoms with Gasteiger partial charge in [0.2, 0.25) is 0 Å². The molecule has 0 aromatic heterocycles. The number of ketones is 1. The van der Waals surface area contributed by atoms with Gasteiger partial charge in [0, 0.05) is 6.54 Å². The lowest BCUT2D eigenvalue weighted by Gasteiger charge is -2.16. The average Bonchev–Trinajstić information content (AvgIpc) is 2.38. The van der Waals surface area contributed by atoms with E-state index in [1.165, 1.54) is 0 Å². The highest BCUT2D eigenvalue weighted by Crippen LogP contribution is 2.20. The number of hydrogen-bond donors (Lipinski definition) is 0. The molecule has 4 heteroatoms. The van der Waals surface area contributed by atoms with E-state index in [-0.39, 0.29) is 12.2 Å². The first kappa shape index (κ1) is 15.2.